The Kier molecular flexibility index (Phi) is 3.98. The van der Waals surface area contributed by atoms with Crippen molar-refractivity contribution in [2.45, 2.75) is 6.54 Å². The minimum Gasteiger partial charge on any atom is -0.480 e. The second-order valence-corrected chi connectivity index (χ2v) is 4.05. The number of rotatable bonds is 4. The summed E-state index contributed by atoms with van der Waals surface area (Å²) in [4.78, 5) is 15.9. The maximum Gasteiger partial charge on any atom is 0.267 e. The highest BCUT2D eigenvalue weighted by atomic mass is 35.5. The highest BCUT2D eigenvalue weighted by molar-refractivity contribution is 6.31. The van der Waals surface area contributed by atoms with Crippen molar-refractivity contribution < 1.29 is 4.74 Å². The molecule has 100 valence electrons. The Morgan fingerprint density at radius 3 is 2.89 bits per heavy atom. The van der Waals surface area contributed by atoms with E-state index in [-0.39, 0.29) is 12.1 Å². The second kappa shape index (κ2) is 5.68. The molecule has 0 aliphatic rings. The van der Waals surface area contributed by atoms with E-state index in [9.17, 15) is 4.79 Å². The SMILES string of the molecule is COc1ccc(=O)n(Cc2nc(NN)ccc2Cl)n1. The molecule has 19 heavy (non-hydrogen) atoms. The lowest BCUT2D eigenvalue weighted by Crippen LogP contribution is -2.23. The van der Waals surface area contributed by atoms with Gasteiger partial charge in [0.05, 0.1) is 24.4 Å². The molecule has 0 aliphatic carbocycles. The number of aromatic nitrogens is 3. The number of nitrogens with two attached hydrogens (primary N) is 1. The van der Waals surface area contributed by atoms with Crippen LogP contribution in [0, 0.1) is 0 Å². The zero-order valence-electron chi connectivity index (χ0n) is 10.1. The lowest BCUT2D eigenvalue weighted by molar-refractivity contribution is 0.378. The van der Waals surface area contributed by atoms with E-state index in [4.69, 9.17) is 22.2 Å². The number of hydrogen-bond donors (Lipinski definition) is 2. The van der Waals surface area contributed by atoms with Crippen molar-refractivity contribution in [3.05, 3.63) is 45.3 Å². The number of anilines is 1. The van der Waals surface area contributed by atoms with Crippen LogP contribution >= 0.6 is 11.6 Å². The number of hydrogen-bond acceptors (Lipinski definition) is 6. The van der Waals surface area contributed by atoms with Gasteiger partial charge in [0.2, 0.25) is 5.88 Å². The summed E-state index contributed by atoms with van der Waals surface area (Å²) in [5, 5.41) is 4.44. The van der Waals surface area contributed by atoms with Crippen LogP contribution in [0.4, 0.5) is 5.82 Å². The second-order valence-electron chi connectivity index (χ2n) is 3.64. The number of hydrazine groups is 1. The van der Waals surface area contributed by atoms with Gasteiger partial charge in [0.15, 0.2) is 0 Å². The molecule has 0 spiro atoms. The molecule has 2 rings (SSSR count). The number of pyridine rings is 1. The van der Waals surface area contributed by atoms with Crippen LogP contribution in [0.3, 0.4) is 0 Å². The lowest BCUT2D eigenvalue weighted by Gasteiger charge is -2.08. The number of nitrogens with one attached hydrogen (secondary N) is 1. The number of nitrogen functional groups attached to an aromatic ring is 1. The average molecular weight is 282 g/mol. The molecule has 0 saturated heterocycles. The fourth-order valence-corrected chi connectivity index (χ4v) is 1.63. The van der Waals surface area contributed by atoms with E-state index in [0.29, 0.717) is 22.4 Å². The van der Waals surface area contributed by atoms with Crippen molar-refractivity contribution in [1.82, 2.24) is 14.8 Å². The van der Waals surface area contributed by atoms with Gasteiger partial charge in [0.1, 0.15) is 5.82 Å². The van der Waals surface area contributed by atoms with Crippen LogP contribution in [0.1, 0.15) is 5.69 Å². The topological polar surface area (TPSA) is 95.1 Å². The Balaban J connectivity index is 2.38. The lowest BCUT2D eigenvalue weighted by atomic mass is 10.3. The third-order valence-electron chi connectivity index (χ3n) is 2.42. The van der Waals surface area contributed by atoms with Crippen molar-refractivity contribution in [2.75, 3.05) is 12.5 Å². The van der Waals surface area contributed by atoms with Gasteiger partial charge in [-0.25, -0.2) is 15.5 Å². The molecular weight excluding hydrogens is 270 g/mol. The first-order valence-electron chi connectivity index (χ1n) is 5.38. The van der Waals surface area contributed by atoms with Crippen molar-refractivity contribution in [3.8, 4) is 5.88 Å². The number of nitrogens with zero attached hydrogens (tertiary/aromatic N) is 3. The first-order valence-corrected chi connectivity index (χ1v) is 5.76. The summed E-state index contributed by atoms with van der Waals surface area (Å²) >= 11 is 6.02. The average Bonchev–Trinajstić information content (AvgIpc) is 2.43. The maximum absolute atomic E-state index is 11.7. The van der Waals surface area contributed by atoms with Gasteiger partial charge >= 0.3 is 0 Å². The fraction of sp³-hybridized carbons (Fsp3) is 0.182. The summed E-state index contributed by atoms with van der Waals surface area (Å²) in [5.41, 5.74) is 2.63. The van der Waals surface area contributed by atoms with Gasteiger partial charge in [-0.15, -0.1) is 5.10 Å². The summed E-state index contributed by atoms with van der Waals surface area (Å²) in [5.74, 6) is 6.07. The predicted molar refractivity (Wildman–Crippen MR) is 71.2 cm³/mol. The standard InChI is InChI=1S/C11H12ClN5O2/c1-19-10-4-5-11(18)17(16-10)6-8-7(12)2-3-9(14-8)15-13/h2-5H,6,13H2,1H3,(H,14,15). The summed E-state index contributed by atoms with van der Waals surface area (Å²) < 4.78 is 6.18. The maximum atomic E-state index is 11.7. The molecular formula is C11H12ClN5O2. The van der Waals surface area contributed by atoms with Gasteiger partial charge in [-0.3, -0.25) is 4.79 Å². The van der Waals surface area contributed by atoms with Gasteiger partial charge < -0.3 is 10.2 Å². The van der Waals surface area contributed by atoms with Crippen LogP contribution in [0.15, 0.2) is 29.1 Å². The van der Waals surface area contributed by atoms with E-state index in [0.717, 1.165) is 0 Å². The van der Waals surface area contributed by atoms with E-state index >= 15 is 0 Å². The Morgan fingerprint density at radius 1 is 1.42 bits per heavy atom. The molecule has 0 radical (unpaired) electrons. The molecule has 3 N–H and O–H groups in total. The Hall–Kier alpha value is -2.12. The van der Waals surface area contributed by atoms with Gasteiger partial charge in [0.25, 0.3) is 5.56 Å². The minimum absolute atomic E-state index is 0.129. The normalized spacial score (nSPS) is 10.3. The zero-order valence-corrected chi connectivity index (χ0v) is 10.9. The molecule has 0 fully saturated rings. The minimum atomic E-state index is -0.273. The molecule has 7 nitrogen and oxygen atoms in total. The van der Waals surface area contributed by atoms with Crippen LogP contribution < -0.4 is 21.6 Å². The van der Waals surface area contributed by atoms with Gasteiger partial charge in [0, 0.05) is 12.1 Å². The van der Waals surface area contributed by atoms with E-state index in [2.05, 4.69) is 15.5 Å². The summed E-state index contributed by atoms with van der Waals surface area (Å²) in [6.07, 6.45) is 0. The molecule has 0 aromatic carbocycles. The predicted octanol–water partition coefficient (Wildman–Crippen LogP) is 0.634. The number of ether oxygens (including phenoxy) is 1. The molecule has 8 heteroatoms. The molecule has 0 bridgehead atoms. The first kappa shape index (κ1) is 13.3. The van der Waals surface area contributed by atoms with Gasteiger partial charge in [-0.05, 0) is 12.1 Å². The van der Waals surface area contributed by atoms with Crippen LogP contribution in [-0.4, -0.2) is 21.9 Å². The molecule has 0 atom stereocenters. The summed E-state index contributed by atoms with van der Waals surface area (Å²) in [6.45, 7) is 0.129. The highest BCUT2D eigenvalue weighted by Crippen LogP contribution is 2.16. The van der Waals surface area contributed by atoms with Crippen LogP contribution in [0.25, 0.3) is 0 Å². The van der Waals surface area contributed by atoms with Crippen LogP contribution in [-0.2, 0) is 6.54 Å². The fourth-order valence-electron chi connectivity index (χ4n) is 1.47. The van der Waals surface area contributed by atoms with Crippen molar-refractivity contribution >= 4 is 17.4 Å². The van der Waals surface area contributed by atoms with Crippen molar-refractivity contribution in [1.29, 1.82) is 0 Å². The Morgan fingerprint density at radius 2 is 2.21 bits per heavy atom. The quantitative estimate of drug-likeness (QED) is 0.631. The van der Waals surface area contributed by atoms with Crippen LogP contribution in [0.2, 0.25) is 5.02 Å². The van der Waals surface area contributed by atoms with E-state index < -0.39 is 0 Å². The smallest absolute Gasteiger partial charge is 0.267 e. The van der Waals surface area contributed by atoms with E-state index in [1.165, 1.54) is 23.9 Å². The van der Waals surface area contributed by atoms with Gasteiger partial charge in [-0.2, -0.15) is 0 Å². The third kappa shape index (κ3) is 3.01. The summed E-state index contributed by atoms with van der Waals surface area (Å²) in [7, 11) is 1.47. The third-order valence-corrected chi connectivity index (χ3v) is 2.76. The molecule has 2 aromatic rings. The largest absolute Gasteiger partial charge is 0.480 e. The highest BCUT2D eigenvalue weighted by Gasteiger charge is 2.08. The summed E-state index contributed by atoms with van der Waals surface area (Å²) in [6, 6.07) is 6.13. The molecule has 0 unspecified atom stereocenters. The Labute approximate surface area is 113 Å². The molecule has 0 amide bonds. The molecule has 2 aromatic heterocycles. The van der Waals surface area contributed by atoms with E-state index in [1.807, 2.05) is 0 Å². The van der Waals surface area contributed by atoms with Crippen molar-refractivity contribution in [3.63, 3.8) is 0 Å². The first-order chi connectivity index (χ1) is 9.13. The van der Waals surface area contributed by atoms with Gasteiger partial charge in [-0.1, -0.05) is 11.6 Å². The monoisotopic (exact) mass is 281 g/mol. The molecule has 0 aliphatic heterocycles. The molecule has 0 saturated carbocycles. The van der Waals surface area contributed by atoms with E-state index in [1.54, 1.807) is 12.1 Å². The Bertz CT molecular complexity index is 643. The van der Waals surface area contributed by atoms with Crippen molar-refractivity contribution in [2.24, 2.45) is 5.84 Å². The van der Waals surface area contributed by atoms with Crippen LogP contribution in [0.5, 0.6) is 5.88 Å². The molecule has 2 heterocycles. The number of halogens is 1. The zero-order chi connectivity index (χ0) is 13.8. The number of methoxy groups -OCH3 is 1.